The Kier molecular flexibility index (Phi) is 3.84. The number of thiophene rings is 1. The summed E-state index contributed by atoms with van der Waals surface area (Å²) in [5, 5.41) is 5.14. The zero-order chi connectivity index (χ0) is 12.3. The number of nitrogens with one attached hydrogen (secondary N) is 1. The number of rotatable bonds is 4. The molecule has 1 fully saturated rings. The van der Waals surface area contributed by atoms with Crippen molar-refractivity contribution in [3.05, 3.63) is 22.4 Å². The van der Waals surface area contributed by atoms with Gasteiger partial charge in [-0.25, -0.2) is 0 Å². The molecule has 0 aliphatic heterocycles. The van der Waals surface area contributed by atoms with Crippen LogP contribution in [0.1, 0.15) is 43.5 Å². The second-order valence-electron chi connectivity index (χ2n) is 4.90. The van der Waals surface area contributed by atoms with E-state index in [0.29, 0.717) is 6.54 Å². The topological polar surface area (TPSA) is 55.1 Å². The largest absolute Gasteiger partial charge is 0.348 e. The molecule has 0 bridgehead atoms. The third kappa shape index (κ3) is 2.53. The van der Waals surface area contributed by atoms with Gasteiger partial charge in [0.1, 0.15) is 0 Å². The van der Waals surface area contributed by atoms with Crippen LogP contribution in [0.5, 0.6) is 0 Å². The fourth-order valence-corrected chi connectivity index (χ4v) is 3.27. The lowest BCUT2D eigenvalue weighted by molar-refractivity contribution is -0.131. The van der Waals surface area contributed by atoms with Crippen LogP contribution in [0, 0.1) is 5.41 Å². The zero-order valence-electron chi connectivity index (χ0n) is 10.2. The second kappa shape index (κ2) is 5.19. The summed E-state index contributed by atoms with van der Waals surface area (Å²) in [5.41, 5.74) is 5.51. The van der Waals surface area contributed by atoms with Crippen LogP contribution in [0.2, 0.25) is 0 Å². The minimum Gasteiger partial charge on any atom is -0.348 e. The molecule has 1 unspecified atom stereocenters. The molecule has 1 aromatic rings. The van der Waals surface area contributed by atoms with Crippen molar-refractivity contribution < 1.29 is 4.79 Å². The quantitative estimate of drug-likeness (QED) is 0.864. The Morgan fingerprint density at radius 1 is 1.59 bits per heavy atom. The van der Waals surface area contributed by atoms with E-state index < -0.39 is 0 Å². The summed E-state index contributed by atoms with van der Waals surface area (Å²) in [6.45, 7) is 2.50. The third-order valence-electron chi connectivity index (χ3n) is 3.75. The molecule has 17 heavy (non-hydrogen) atoms. The Balaban J connectivity index is 2.01. The maximum absolute atomic E-state index is 12.3. The number of hydrogen-bond acceptors (Lipinski definition) is 3. The van der Waals surface area contributed by atoms with E-state index in [1.165, 1.54) is 4.88 Å². The van der Waals surface area contributed by atoms with Crippen molar-refractivity contribution in [2.24, 2.45) is 11.1 Å². The van der Waals surface area contributed by atoms with Crippen molar-refractivity contribution in [2.75, 3.05) is 6.54 Å². The van der Waals surface area contributed by atoms with E-state index in [4.69, 9.17) is 5.73 Å². The van der Waals surface area contributed by atoms with Gasteiger partial charge in [-0.15, -0.1) is 11.3 Å². The SMILES string of the molecule is CC(NC(=O)C1(CN)CCCC1)c1cccs1. The van der Waals surface area contributed by atoms with Crippen molar-refractivity contribution in [1.82, 2.24) is 5.32 Å². The predicted molar refractivity (Wildman–Crippen MR) is 70.8 cm³/mol. The molecule has 4 heteroatoms. The van der Waals surface area contributed by atoms with Gasteiger partial charge in [-0.05, 0) is 31.2 Å². The first-order chi connectivity index (χ1) is 8.18. The Morgan fingerprint density at radius 3 is 2.82 bits per heavy atom. The van der Waals surface area contributed by atoms with Crippen LogP contribution in [0.15, 0.2) is 17.5 Å². The van der Waals surface area contributed by atoms with Crippen molar-refractivity contribution in [2.45, 2.75) is 38.6 Å². The minimum atomic E-state index is -0.300. The fourth-order valence-electron chi connectivity index (χ4n) is 2.53. The van der Waals surface area contributed by atoms with Crippen molar-refractivity contribution in [3.8, 4) is 0 Å². The number of hydrogen-bond donors (Lipinski definition) is 2. The molecule has 0 radical (unpaired) electrons. The molecule has 3 N–H and O–H groups in total. The molecule has 0 saturated heterocycles. The van der Waals surface area contributed by atoms with Crippen LogP contribution in [-0.2, 0) is 4.79 Å². The van der Waals surface area contributed by atoms with E-state index in [0.717, 1.165) is 25.7 Å². The van der Waals surface area contributed by atoms with Gasteiger partial charge in [0.15, 0.2) is 0 Å². The van der Waals surface area contributed by atoms with Gasteiger partial charge in [0, 0.05) is 11.4 Å². The maximum Gasteiger partial charge on any atom is 0.227 e. The van der Waals surface area contributed by atoms with Gasteiger partial charge in [-0.1, -0.05) is 18.9 Å². The average molecular weight is 252 g/mol. The van der Waals surface area contributed by atoms with Crippen LogP contribution in [0.4, 0.5) is 0 Å². The average Bonchev–Trinajstić information content (AvgIpc) is 3.01. The molecule has 1 heterocycles. The molecule has 1 aliphatic carbocycles. The van der Waals surface area contributed by atoms with Crippen LogP contribution < -0.4 is 11.1 Å². The summed E-state index contributed by atoms with van der Waals surface area (Å²) in [6, 6.07) is 4.16. The lowest BCUT2D eigenvalue weighted by Crippen LogP contribution is -2.44. The Labute approximate surface area is 106 Å². The summed E-state index contributed by atoms with van der Waals surface area (Å²) in [7, 11) is 0. The van der Waals surface area contributed by atoms with Crippen LogP contribution in [0.3, 0.4) is 0 Å². The van der Waals surface area contributed by atoms with Crippen LogP contribution in [0.25, 0.3) is 0 Å². The Morgan fingerprint density at radius 2 is 2.29 bits per heavy atom. The number of nitrogens with two attached hydrogens (primary N) is 1. The van der Waals surface area contributed by atoms with Crippen molar-refractivity contribution in [1.29, 1.82) is 0 Å². The van der Waals surface area contributed by atoms with E-state index >= 15 is 0 Å². The molecule has 1 atom stereocenters. The van der Waals surface area contributed by atoms with Gasteiger partial charge in [0.25, 0.3) is 0 Å². The highest BCUT2D eigenvalue weighted by molar-refractivity contribution is 7.10. The molecule has 0 spiro atoms. The molecule has 2 rings (SSSR count). The number of carbonyl (C=O) groups is 1. The number of amides is 1. The standard InChI is InChI=1S/C13H20N2OS/c1-10(11-5-4-8-17-11)15-12(16)13(9-14)6-2-3-7-13/h4-5,8,10H,2-3,6-7,9,14H2,1H3,(H,15,16). The minimum absolute atomic E-state index is 0.0894. The first-order valence-electron chi connectivity index (χ1n) is 6.22. The van der Waals surface area contributed by atoms with Crippen LogP contribution in [-0.4, -0.2) is 12.5 Å². The highest BCUT2D eigenvalue weighted by Crippen LogP contribution is 2.37. The van der Waals surface area contributed by atoms with E-state index in [9.17, 15) is 4.79 Å². The van der Waals surface area contributed by atoms with Crippen LogP contribution >= 0.6 is 11.3 Å². The van der Waals surface area contributed by atoms with Gasteiger partial charge < -0.3 is 11.1 Å². The molecule has 1 aliphatic rings. The van der Waals surface area contributed by atoms with Gasteiger partial charge in [0.05, 0.1) is 11.5 Å². The first kappa shape index (κ1) is 12.6. The monoisotopic (exact) mass is 252 g/mol. The van der Waals surface area contributed by atoms with Gasteiger partial charge in [-0.2, -0.15) is 0 Å². The van der Waals surface area contributed by atoms with E-state index in [1.54, 1.807) is 11.3 Å². The first-order valence-corrected chi connectivity index (χ1v) is 7.10. The predicted octanol–water partition coefficient (Wildman–Crippen LogP) is 2.44. The highest BCUT2D eigenvalue weighted by atomic mass is 32.1. The Bertz CT molecular complexity index is 369. The summed E-state index contributed by atoms with van der Waals surface area (Å²) in [4.78, 5) is 13.5. The van der Waals surface area contributed by atoms with E-state index in [2.05, 4.69) is 11.4 Å². The molecule has 1 aromatic heterocycles. The fraction of sp³-hybridized carbons (Fsp3) is 0.615. The molecule has 94 valence electrons. The molecule has 1 amide bonds. The zero-order valence-corrected chi connectivity index (χ0v) is 11.1. The molecule has 0 aromatic carbocycles. The summed E-state index contributed by atoms with van der Waals surface area (Å²) < 4.78 is 0. The summed E-state index contributed by atoms with van der Waals surface area (Å²) >= 11 is 1.68. The van der Waals surface area contributed by atoms with Crippen molar-refractivity contribution in [3.63, 3.8) is 0 Å². The van der Waals surface area contributed by atoms with E-state index in [-0.39, 0.29) is 17.4 Å². The lowest BCUT2D eigenvalue weighted by atomic mass is 9.85. The second-order valence-corrected chi connectivity index (χ2v) is 5.88. The summed E-state index contributed by atoms with van der Waals surface area (Å²) in [6.07, 6.45) is 4.12. The van der Waals surface area contributed by atoms with Crippen molar-refractivity contribution >= 4 is 17.2 Å². The smallest absolute Gasteiger partial charge is 0.227 e. The van der Waals surface area contributed by atoms with Gasteiger partial charge in [0.2, 0.25) is 5.91 Å². The molecular formula is C13H20N2OS. The molecular weight excluding hydrogens is 232 g/mol. The Hall–Kier alpha value is -0.870. The van der Waals surface area contributed by atoms with Gasteiger partial charge in [-0.3, -0.25) is 4.79 Å². The highest BCUT2D eigenvalue weighted by Gasteiger charge is 2.40. The summed E-state index contributed by atoms with van der Waals surface area (Å²) in [5.74, 6) is 0.137. The van der Waals surface area contributed by atoms with E-state index in [1.807, 2.05) is 18.4 Å². The van der Waals surface area contributed by atoms with Gasteiger partial charge >= 0.3 is 0 Å². The third-order valence-corrected chi connectivity index (χ3v) is 4.81. The maximum atomic E-state index is 12.3. The lowest BCUT2D eigenvalue weighted by Gasteiger charge is -2.27. The molecule has 3 nitrogen and oxygen atoms in total. The normalized spacial score (nSPS) is 20.1. The molecule has 1 saturated carbocycles. The number of carbonyl (C=O) groups excluding carboxylic acids is 1.